The van der Waals surface area contributed by atoms with Gasteiger partial charge in [0.15, 0.2) is 0 Å². The second-order valence-corrected chi connectivity index (χ2v) is 4.77. The zero-order valence-electron chi connectivity index (χ0n) is 11.8. The Hall–Kier alpha value is -1.33. The molecule has 1 rings (SSSR count). The van der Waals surface area contributed by atoms with Crippen molar-refractivity contribution in [2.45, 2.75) is 46.3 Å². The van der Waals surface area contributed by atoms with Gasteiger partial charge in [-0.25, -0.2) is 4.79 Å². The molecule has 0 fully saturated rings. The number of carboxylic acid groups (broad SMARTS) is 1. The van der Waals surface area contributed by atoms with Gasteiger partial charge in [-0.15, -0.1) is 0 Å². The number of hydrogen-bond acceptors (Lipinski definition) is 4. The van der Waals surface area contributed by atoms with Crippen LogP contribution in [0, 0.1) is 12.8 Å². The lowest BCUT2D eigenvalue weighted by Gasteiger charge is -2.20. The van der Waals surface area contributed by atoms with E-state index in [1.807, 2.05) is 0 Å². The monoisotopic (exact) mass is 269 g/mol. The minimum Gasteiger partial charge on any atom is -0.475 e. The number of furan rings is 1. The van der Waals surface area contributed by atoms with Gasteiger partial charge in [0.2, 0.25) is 5.76 Å². The number of hydrogen-bond donors (Lipinski definition) is 3. The largest absolute Gasteiger partial charge is 0.475 e. The first kappa shape index (κ1) is 15.7. The van der Waals surface area contributed by atoms with Crippen molar-refractivity contribution in [1.82, 2.24) is 5.32 Å². The molecule has 0 aliphatic heterocycles. The van der Waals surface area contributed by atoms with Gasteiger partial charge in [-0.1, -0.05) is 26.7 Å². The van der Waals surface area contributed by atoms with E-state index in [2.05, 4.69) is 19.2 Å². The summed E-state index contributed by atoms with van der Waals surface area (Å²) in [6.45, 7) is 6.87. The highest BCUT2D eigenvalue weighted by Crippen LogP contribution is 2.15. The van der Waals surface area contributed by atoms with Crippen LogP contribution in [-0.2, 0) is 6.54 Å². The Morgan fingerprint density at radius 1 is 1.42 bits per heavy atom. The zero-order valence-corrected chi connectivity index (χ0v) is 11.8. The summed E-state index contributed by atoms with van der Waals surface area (Å²) in [6.07, 6.45) is 1.53. The van der Waals surface area contributed by atoms with E-state index in [1.54, 1.807) is 6.92 Å². The van der Waals surface area contributed by atoms with Gasteiger partial charge in [0.05, 0.1) is 6.10 Å². The number of carboxylic acids is 1. The van der Waals surface area contributed by atoms with Crippen LogP contribution >= 0.6 is 0 Å². The van der Waals surface area contributed by atoms with Gasteiger partial charge in [0.25, 0.3) is 0 Å². The molecule has 0 bridgehead atoms. The molecule has 0 saturated heterocycles. The molecule has 108 valence electrons. The van der Waals surface area contributed by atoms with Gasteiger partial charge in [-0.2, -0.15) is 0 Å². The maximum absolute atomic E-state index is 10.8. The van der Waals surface area contributed by atoms with Crippen molar-refractivity contribution in [1.29, 1.82) is 0 Å². The Morgan fingerprint density at radius 2 is 2.05 bits per heavy atom. The smallest absolute Gasteiger partial charge is 0.371 e. The van der Waals surface area contributed by atoms with Crippen LogP contribution in [0.25, 0.3) is 0 Å². The average Bonchev–Trinajstić information content (AvgIpc) is 2.73. The minimum atomic E-state index is -1.06. The lowest BCUT2D eigenvalue weighted by molar-refractivity contribution is 0.0661. The third kappa shape index (κ3) is 4.36. The fourth-order valence-corrected chi connectivity index (χ4v) is 2.15. The molecule has 0 saturated carbocycles. The molecule has 1 unspecified atom stereocenters. The number of nitrogens with one attached hydrogen (secondary N) is 1. The summed E-state index contributed by atoms with van der Waals surface area (Å²) >= 11 is 0. The molecule has 0 spiro atoms. The van der Waals surface area contributed by atoms with E-state index in [-0.39, 0.29) is 11.9 Å². The summed E-state index contributed by atoms with van der Waals surface area (Å²) in [5, 5.41) is 21.9. The first-order valence-electron chi connectivity index (χ1n) is 6.70. The van der Waals surface area contributed by atoms with Crippen LogP contribution in [0.3, 0.4) is 0 Å². The SMILES string of the molecule is CCC(CC)C(O)CNCc1cc(C(=O)O)oc1C. The van der Waals surface area contributed by atoms with Crippen LogP contribution in [0.5, 0.6) is 0 Å². The molecule has 1 aromatic heterocycles. The molecule has 0 amide bonds. The Bertz CT molecular complexity index is 410. The lowest BCUT2D eigenvalue weighted by atomic mass is 9.96. The molecule has 1 heterocycles. The fourth-order valence-electron chi connectivity index (χ4n) is 2.15. The Morgan fingerprint density at radius 3 is 2.53 bits per heavy atom. The third-order valence-electron chi connectivity index (χ3n) is 3.49. The summed E-state index contributed by atoms with van der Waals surface area (Å²) in [6, 6.07) is 1.52. The topological polar surface area (TPSA) is 82.7 Å². The Labute approximate surface area is 113 Å². The normalized spacial score (nSPS) is 12.9. The van der Waals surface area contributed by atoms with Crippen molar-refractivity contribution in [3.05, 3.63) is 23.2 Å². The number of aryl methyl sites for hydroxylation is 1. The summed E-state index contributed by atoms with van der Waals surface area (Å²) in [5.41, 5.74) is 0.814. The summed E-state index contributed by atoms with van der Waals surface area (Å²) < 4.78 is 5.12. The highest BCUT2D eigenvalue weighted by Gasteiger charge is 2.16. The first-order chi connectivity index (χ1) is 8.99. The third-order valence-corrected chi connectivity index (χ3v) is 3.49. The molecule has 5 heteroatoms. The second-order valence-electron chi connectivity index (χ2n) is 4.77. The summed E-state index contributed by atoms with van der Waals surface area (Å²) in [7, 11) is 0. The Kier molecular flexibility index (Phi) is 6.05. The Balaban J connectivity index is 2.47. The fraction of sp³-hybridized carbons (Fsp3) is 0.643. The van der Waals surface area contributed by atoms with Crippen molar-refractivity contribution in [2.75, 3.05) is 6.54 Å². The van der Waals surface area contributed by atoms with Crippen LogP contribution < -0.4 is 5.32 Å². The van der Waals surface area contributed by atoms with Crippen molar-refractivity contribution in [3.8, 4) is 0 Å². The van der Waals surface area contributed by atoms with Crippen LogP contribution in [0.4, 0.5) is 0 Å². The molecule has 0 aliphatic carbocycles. The number of aliphatic hydroxyl groups excluding tert-OH is 1. The highest BCUT2D eigenvalue weighted by molar-refractivity contribution is 5.84. The van der Waals surface area contributed by atoms with Gasteiger partial charge < -0.3 is 19.9 Å². The quantitative estimate of drug-likeness (QED) is 0.673. The first-order valence-corrected chi connectivity index (χ1v) is 6.70. The van der Waals surface area contributed by atoms with Crippen LogP contribution in [-0.4, -0.2) is 28.8 Å². The van der Waals surface area contributed by atoms with E-state index in [0.29, 0.717) is 24.8 Å². The molecular weight excluding hydrogens is 246 g/mol. The average molecular weight is 269 g/mol. The second kappa shape index (κ2) is 7.31. The molecule has 1 aromatic rings. The number of carbonyl (C=O) groups is 1. The predicted octanol–water partition coefficient (Wildman–Crippen LogP) is 2.17. The number of aliphatic hydroxyl groups is 1. The van der Waals surface area contributed by atoms with Crippen LogP contribution in [0.1, 0.15) is 48.6 Å². The van der Waals surface area contributed by atoms with Gasteiger partial charge in [0, 0.05) is 18.7 Å². The molecule has 1 atom stereocenters. The minimum absolute atomic E-state index is 0.0464. The van der Waals surface area contributed by atoms with E-state index in [9.17, 15) is 9.90 Å². The van der Waals surface area contributed by atoms with Crippen molar-refractivity contribution >= 4 is 5.97 Å². The zero-order chi connectivity index (χ0) is 14.4. The van der Waals surface area contributed by atoms with E-state index >= 15 is 0 Å². The van der Waals surface area contributed by atoms with Gasteiger partial charge >= 0.3 is 5.97 Å². The number of aromatic carboxylic acids is 1. The maximum atomic E-state index is 10.8. The van der Waals surface area contributed by atoms with Crippen LogP contribution in [0.2, 0.25) is 0 Å². The maximum Gasteiger partial charge on any atom is 0.371 e. The van der Waals surface area contributed by atoms with Crippen molar-refractivity contribution in [2.24, 2.45) is 5.92 Å². The molecule has 0 aromatic carbocycles. The lowest BCUT2D eigenvalue weighted by Crippen LogP contribution is -2.32. The van der Waals surface area contributed by atoms with Crippen LogP contribution in [0.15, 0.2) is 10.5 Å². The molecule has 5 nitrogen and oxygen atoms in total. The van der Waals surface area contributed by atoms with Crippen molar-refractivity contribution in [3.63, 3.8) is 0 Å². The van der Waals surface area contributed by atoms with E-state index < -0.39 is 5.97 Å². The number of rotatable bonds is 8. The van der Waals surface area contributed by atoms with E-state index in [0.717, 1.165) is 18.4 Å². The summed E-state index contributed by atoms with van der Waals surface area (Å²) in [5.74, 6) is -0.212. The standard InChI is InChI=1S/C14H23NO4/c1-4-10(5-2)12(16)8-15-7-11-6-13(14(17)18)19-9(11)3/h6,10,12,15-16H,4-5,7-8H2,1-3H3,(H,17,18). The summed E-state index contributed by atoms with van der Waals surface area (Å²) in [4.78, 5) is 10.8. The molecule has 0 aliphatic rings. The molecule has 3 N–H and O–H groups in total. The molecular formula is C14H23NO4. The molecule has 19 heavy (non-hydrogen) atoms. The molecule has 0 radical (unpaired) electrons. The van der Waals surface area contributed by atoms with Crippen molar-refractivity contribution < 1.29 is 19.4 Å². The van der Waals surface area contributed by atoms with Gasteiger partial charge in [-0.3, -0.25) is 0 Å². The van der Waals surface area contributed by atoms with Gasteiger partial charge in [0.1, 0.15) is 5.76 Å². The highest BCUT2D eigenvalue weighted by atomic mass is 16.4. The van der Waals surface area contributed by atoms with Gasteiger partial charge in [-0.05, 0) is 18.9 Å². The van der Waals surface area contributed by atoms with E-state index in [1.165, 1.54) is 6.07 Å². The van der Waals surface area contributed by atoms with E-state index in [4.69, 9.17) is 9.52 Å². The predicted molar refractivity (Wildman–Crippen MR) is 72.2 cm³/mol.